The van der Waals surface area contributed by atoms with Crippen LogP contribution in [0.4, 0.5) is 0 Å². The molecule has 0 saturated carbocycles. The normalized spacial score (nSPS) is 11.8. The van der Waals surface area contributed by atoms with Crippen LogP contribution in [0.1, 0.15) is 30.5 Å². The van der Waals surface area contributed by atoms with Gasteiger partial charge < -0.3 is 9.47 Å². The second-order valence-corrected chi connectivity index (χ2v) is 9.00. The maximum atomic E-state index is 12.3. The molecule has 0 radical (unpaired) electrons. The Morgan fingerprint density at radius 1 is 1.03 bits per heavy atom. The van der Waals surface area contributed by atoms with Crippen molar-refractivity contribution >= 4 is 35.5 Å². The third kappa shape index (κ3) is 8.15. The van der Waals surface area contributed by atoms with Gasteiger partial charge in [0, 0.05) is 10.8 Å². The van der Waals surface area contributed by atoms with E-state index in [9.17, 15) is 4.79 Å². The van der Waals surface area contributed by atoms with Crippen molar-refractivity contribution in [3.05, 3.63) is 94.5 Å². The zero-order valence-corrected chi connectivity index (χ0v) is 20.2. The number of hydrogen-bond donors (Lipinski definition) is 1. The molecule has 0 aliphatic heterocycles. The molecule has 3 aromatic rings. The van der Waals surface area contributed by atoms with E-state index < -0.39 is 0 Å². The molecule has 0 aliphatic rings. The highest BCUT2D eigenvalue weighted by Gasteiger charge is 2.12. The zero-order chi connectivity index (χ0) is 23.5. The first kappa shape index (κ1) is 24.7. The van der Waals surface area contributed by atoms with Crippen molar-refractivity contribution in [2.75, 3.05) is 6.61 Å². The Morgan fingerprint density at radius 3 is 2.58 bits per heavy atom. The number of carbonyl (C=O) groups excluding carboxylic acids is 1. The molecule has 5 nitrogen and oxygen atoms in total. The lowest BCUT2D eigenvalue weighted by Gasteiger charge is -2.13. The van der Waals surface area contributed by atoms with Crippen molar-refractivity contribution < 1.29 is 14.3 Å². The molecule has 1 N–H and O–H groups in total. The van der Waals surface area contributed by atoms with Gasteiger partial charge in [0.1, 0.15) is 6.61 Å². The Labute approximate surface area is 204 Å². The first-order chi connectivity index (χ1) is 16.0. The summed E-state index contributed by atoms with van der Waals surface area (Å²) < 4.78 is 11.6. The lowest BCUT2D eigenvalue weighted by atomic mass is 10.2. The van der Waals surface area contributed by atoms with E-state index >= 15 is 0 Å². The predicted molar refractivity (Wildman–Crippen MR) is 136 cm³/mol. The van der Waals surface area contributed by atoms with Gasteiger partial charge in [0.25, 0.3) is 5.91 Å². The third-order valence-corrected chi connectivity index (χ3v) is 6.10. The molecular weight excluding hydrogens is 456 g/mol. The van der Waals surface area contributed by atoms with Crippen molar-refractivity contribution in [1.29, 1.82) is 0 Å². The molecule has 0 aromatic heterocycles. The molecule has 0 heterocycles. The average Bonchev–Trinajstić information content (AvgIpc) is 2.83. The fourth-order valence-corrected chi connectivity index (χ4v) is 3.96. The molecule has 172 valence electrons. The molecule has 1 atom stereocenters. The van der Waals surface area contributed by atoms with Crippen molar-refractivity contribution in [2.24, 2.45) is 5.10 Å². The molecule has 0 fully saturated rings. The Kier molecular flexibility index (Phi) is 9.66. The minimum absolute atomic E-state index is 0.140. The van der Waals surface area contributed by atoms with E-state index in [1.807, 2.05) is 86.6 Å². The van der Waals surface area contributed by atoms with Gasteiger partial charge in [0.2, 0.25) is 0 Å². The van der Waals surface area contributed by atoms with Crippen LogP contribution in [0.15, 0.2) is 77.9 Å². The minimum Gasteiger partial charge on any atom is -0.490 e. The molecule has 0 bridgehead atoms. The number of nitrogens with one attached hydrogen (secondary N) is 1. The summed E-state index contributed by atoms with van der Waals surface area (Å²) in [4.78, 5) is 12.3. The van der Waals surface area contributed by atoms with Crippen LogP contribution in [0.3, 0.4) is 0 Å². The number of ether oxygens (including phenoxy) is 2. The van der Waals surface area contributed by atoms with E-state index in [2.05, 4.69) is 10.5 Å². The first-order valence-corrected chi connectivity index (χ1v) is 12.1. The Balaban J connectivity index is 1.54. The molecule has 3 rings (SSSR count). The van der Waals surface area contributed by atoms with Crippen LogP contribution in [0.25, 0.3) is 0 Å². The molecule has 7 heteroatoms. The van der Waals surface area contributed by atoms with Crippen molar-refractivity contribution in [1.82, 2.24) is 5.43 Å². The monoisotopic (exact) mass is 482 g/mol. The largest absolute Gasteiger partial charge is 0.490 e. The SMILES string of the molecule is CCOc1cc(/C=N/NC(=O)C(C)SCc2ccccc2)ccc1OCc1cccc(Cl)c1. The van der Waals surface area contributed by atoms with Gasteiger partial charge in [-0.25, -0.2) is 5.43 Å². The summed E-state index contributed by atoms with van der Waals surface area (Å²) >= 11 is 7.61. The van der Waals surface area contributed by atoms with Crippen molar-refractivity contribution in [3.8, 4) is 11.5 Å². The van der Waals surface area contributed by atoms with Gasteiger partial charge in [-0.3, -0.25) is 4.79 Å². The van der Waals surface area contributed by atoms with E-state index in [4.69, 9.17) is 21.1 Å². The molecule has 0 aliphatic carbocycles. The second-order valence-electron chi connectivity index (χ2n) is 7.23. The fraction of sp³-hybridized carbons (Fsp3) is 0.231. The second kappa shape index (κ2) is 12.9. The molecule has 33 heavy (non-hydrogen) atoms. The van der Waals surface area contributed by atoms with Crippen LogP contribution < -0.4 is 14.9 Å². The number of carbonyl (C=O) groups is 1. The topological polar surface area (TPSA) is 59.9 Å². The van der Waals surface area contributed by atoms with Crippen molar-refractivity contribution in [2.45, 2.75) is 31.5 Å². The zero-order valence-electron chi connectivity index (χ0n) is 18.7. The van der Waals surface area contributed by atoms with Crippen LogP contribution >= 0.6 is 23.4 Å². The van der Waals surface area contributed by atoms with Crippen LogP contribution in [0, 0.1) is 0 Å². The maximum absolute atomic E-state index is 12.3. The van der Waals surface area contributed by atoms with E-state index in [-0.39, 0.29) is 11.2 Å². The van der Waals surface area contributed by atoms with Crippen LogP contribution in [0.2, 0.25) is 5.02 Å². The van der Waals surface area contributed by atoms with Gasteiger partial charge in [-0.2, -0.15) is 5.10 Å². The Bertz CT molecular complexity index is 1080. The molecular formula is C26H27ClN2O3S. The quantitative estimate of drug-likeness (QED) is 0.265. The van der Waals surface area contributed by atoms with E-state index in [0.717, 1.165) is 16.9 Å². The summed E-state index contributed by atoms with van der Waals surface area (Å²) in [5.74, 6) is 1.87. The Hall–Kier alpha value is -2.96. The first-order valence-electron chi connectivity index (χ1n) is 10.7. The minimum atomic E-state index is -0.219. The number of amides is 1. The highest BCUT2D eigenvalue weighted by Crippen LogP contribution is 2.29. The summed E-state index contributed by atoms with van der Waals surface area (Å²) in [5, 5.41) is 4.55. The van der Waals surface area contributed by atoms with Gasteiger partial charge >= 0.3 is 0 Å². The molecule has 3 aromatic carbocycles. The molecule has 0 spiro atoms. The van der Waals surface area contributed by atoms with Gasteiger partial charge in [-0.1, -0.05) is 54.1 Å². The fourth-order valence-electron chi connectivity index (χ4n) is 2.91. The lowest BCUT2D eigenvalue weighted by Crippen LogP contribution is -2.27. The number of nitrogens with zero attached hydrogens (tertiary/aromatic N) is 1. The number of thioether (sulfide) groups is 1. The maximum Gasteiger partial charge on any atom is 0.252 e. The summed E-state index contributed by atoms with van der Waals surface area (Å²) in [6.07, 6.45) is 1.59. The summed E-state index contributed by atoms with van der Waals surface area (Å²) in [7, 11) is 0. The van der Waals surface area contributed by atoms with Gasteiger partial charge in [-0.15, -0.1) is 11.8 Å². The highest BCUT2D eigenvalue weighted by molar-refractivity contribution is 7.99. The molecule has 1 unspecified atom stereocenters. The van der Waals surface area contributed by atoms with Crippen LogP contribution in [-0.2, 0) is 17.2 Å². The van der Waals surface area contributed by atoms with E-state index in [0.29, 0.717) is 29.7 Å². The average molecular weight is 483 g/mol. The van der Waals surface area contributed by atoms with E-state index in [1.54, 1.807) is 18.0 Å². The predicted octanol–water partition coefficient (Wildman–Crippen LogP) is 6.09. The number of rotatable bonds is 11. The van der Waals surface area contributed by atoms with Gasteiger partial charge in [0.15, 0.2) is 11.5 Å². The standard InChI is InChI=1S/C26H27ClN2O3S/c1-3-31-25-15-21(12-13-24(25)32-17-22-10-7-11-23(27)14-22)16-28-29-26(30)19(2)33-18-20-8-5-4-6-9-20/h4-16,19H,3,17-18H2,1-2H3,(H,29,30)/b28-16+. The third-order valence-electron chi connectivity index (χ3n) is 4.65. The lowest BCUT2D eigenvalue weighted by molar-refractivity contribution is -0.120. The molecule has 1 amide bonds. The highest BCUT2D eigenvalue weighted by atomic mass is 35.5. The van der Waals surface area contributed by atoms with Crippen LogP contribution in [0.5, 0.6) is 11.5 Å². The summed E-state index contributed by atoms with van der Waals surface area (Å²) in [5.41, 5.74) is 5.56. The van der Waals surface area contributed by atoms with Gasteiger partial charge in [-0.05, 0) is 60.9 Å². The smallest absolute Gasteiger partial charge is 0.252 e. The van der Waals surface area contributed by atoms with Gasteiger partial charge in [0.05, 0.1) is 18.1 Å². The molecule has 0 saturated heterocycles. The van der Waals surface area contributed by atoms with E-state index in [1.165, 1.54) is 5.56 Å². The summed E-state index contributed by atoms with van der Waals surface area (Å²) in [6, 6.07) is 23.1. The number of benzene rings is 3. The number of hydrogen-bond acceptors (Lipinski definition) is 5. The van der Waals surface area contributed by atoms with Crippen molar-refractivity contribution in [3.63, 3.8) is 0 Å². The summed E-state index contributed by atoms with van der Waals surface area (Å²) in [6.45, 7) is 4.66. The number of hydrazone groups is 1. The Morgan fingerprint density at radius 2 is 1.82 bits per heavy atom. The van der Waals surface area contributed by atoms with Crippen LogP contribution in [-0.4, -0.2) is 24.0 Å². The number of halogens is 1.